The summed E-state index contributed by atoms with van der Waals surface area (Å²) < 4.78 is 2.71. The molecular formula is C11H7BrN4. The van der Waals surface area contributed by atoms with Gasteiger partial charge in [-0.2, -0.15) is 5.10 Å². The Bertz CT molecular complexity index is 634. The van der Waals surface area contributed by atoms with E-state index >= 15 is 0 Å². The van der Waals surface area contributed by atoms with Crippen LogP contribution in [0, 0.1) is 0 Å². The molecule has 0 aliphatic rings. The van der Waals surface area contributed by atoms with E-state index in [2.05, 4.69) is 31.0 Å². The number of rotatable bonds is 1. The van der Waals surface area contributed by atoms with Crippen LogP contribution in [0.15, 0.2) is 47.6 Å². The highest BCUT2D eigenvalue weighted by atomic mass is 79.9. The maximum Gasteiger partial charge on any atom is 0.163 e. The molecule has 3 rings (SSSR count). The van der Waals surface area contributed by atoms with Gasteiger partial charge in [0, 0.05) is 21.4 Å². The van der Waals surface area contributed by atoms with E-state index in [4.69, 9.17) is 0 Å². The summed E-state index contributed by atoms with van der Waals surface area (Å²) in [5, 5.41) is 6.25. The molecule has 0 amide bonds. The molecule has 4 nitrogen and oxygen atoms in total. The molecule has 0 atom stereocenters. The van der Waals surface area contributed by atoms with Crippen molar-refractivity contribution >= 4 is 26.7 Å². The normalized spacial score (nSPS) is 10.8. The number of halogens is 1. The average Bonchev–Trinajstić information content (AvgIpc) is 2.82. The molecule has 0 saturated heterocycles. The van der Waals surface area contributed by atoms with E-state index < -0.39 is 0 Å². The molecule has 0 bridgehead atoms. The molecule has 16 heavy (non-hydrogen) atoms. The van der Waals surface area contributed by atoms with Crippen molar-refractivity contribution in [2.75, 3.05) is 0 Å². The lowest BCUT2D eigenvalue weighted by Crippen LogP contribution is -1.98. The van der Waals surface area contributed by atoms with Gasteiger partial charge >= 0.3 is 0 Å². The molecule has 0 saturated carbocycles. The second-order valence-electron chi connectivity index (χ2n) is 3.31. The van der Waals surface area contributed by atoms with Gasteiger partial charge in [-0.3, -0.25) is 0 Å². The highest BCUT2D eigenvalue weighted by Crippen LogP contribution is 2.26. The molecule has 0 aliphatic heterocycles. The third-order valence-electron chi connectivity index (χ3n) is 2.37. The fourth-order valence-electron chi connectivity index (χ4n) is 1.65. The van der Waals surface area contributed by atoms with Gasteiger partial charge in [-0.25, -0.2) is 14.6 Å². The van der Waals surface area contributed by atoms with Gasteiger partial charge in [0.2, 0.25) is 0 Å². The Morgan fingerprint density at radius 2 is 2.06 bits per heavy atom. The minimum absolute atomic E-state index is 0.788. The fraction of sp³-hybridized carbons (Fsp3) is 0. The van der Waals surface area contributed by atoms with Gasteiger partial charge in [0.25, 0.3) is 0 Å². The Morgan fingerprint density at radius 3 is 2.88 bits per heavy atom. The molecule has 78 valence electrons. The molecule has 2 heterocycles. The van der Waals surface area contributed by atoms with Gasteiger partial charge in [0.05, 0.1) is 0 Å². The molecule has 1 aromatic carbocycles. The smallest absolute Gasteiger partial charge is 0.163 e. The highest BCUT2D eigenvalue weighted by molar-refractivity contribution is 9.10. The van der Waals surface area contributed by atoms with Gasteiger partial charge < -0.3 is 0 Å². The first-order valence-electron chi connectivity index (χ1n) is 4.74. The molecule has 2 aromatic heterocycles. The lowest BCUT2D eigenvalue weighted by atomic mass is 10.1. The summed E-state index contributed by atoms with van der Waals surface area (Å²) in [6.45, 7) is 0. The monoisotopic (exact) mass is 274 g/mol. The first-order valence-corrected chi connectivity index (χ1v) is 5.54. The molecule has 3 aromatic rings. The second kappa shape index (κ2) is 3.68. The molecule has 0 fully saturated rings. The van der Waals surface area contributed by atoms with Crippen LogP contribution in [0.3, 0.4) is 0 Å². The van der Waals surface area contributed by atoms with Crippen molar-refractivity contribution in [3.8, 4) is 5.82 Å². The van der Waals surface area contributed by atoms with E-state index in [0.717, 1.165) is 21.1 Å². The summed E-state index contributed by atoms with van der Waals surface area (Å²) in [7, 11) is 0. The Hall–Kier alpha value is -1.75. The second-order valence-corrected chi connectivity index (χ2v) is 4.16. The SMILES string of the molecule is Brc1cccc2c(-n3cncn3)nccc12. The van der Waals surface area contributed by atoms with Crippen molar-refractivity contribution in [3.05, 3.63) is 47.6 Å². The van der Waals surface area contributed by atoms with Crippen LogP contribution in [0.5, 0.6) is 0 Å². The van der Waals surface area contributed by atoms with Gasteiger partial charge in [0.1, 0.15) is 12.7 Å². The van der Waals surface area contributed by atoms with Crippen LogP contribution in [0.4, 0.5) is 0 Å². The van der Waals surface area contributed by atoms with Crippen LogP contribution >= 0.6 is 15.9 Å². The quantitative estimate of drug-likeness (QED) is 0.685. The van der Waals surface area contributed by atoms with Gasteiger partial charge in [-0.15, -0.1) is 0 Å². The van der Waals surface area contributed by atoms with Crippen molar-refractivity contribution in [3.63, 3.8) is 0 Å². The van der Waals surface area contributed by atoms with E-state index in [1.54, 1.807) is 17.2 Å². The molecule has 0 aliphatic carbocycles. The number of pyridine rings is 1. The van der Waals surface area contributed by atoms with Crippen LogP contribution in [0.2, 0.25) is 0 Å². The fourth-order valence-corrected chi connectivity index (χ4v) is 2.15. The third-order valence-corrected chi connectivity index (χ3v) is 3.06. The molecule has 0 radical (unpaired) electrons. The van der Waals surface area contributed by atoms with E-state index in [1.807, 2.05) is 24.3 Å². The van der Waals surface area contributed by atoms with E-state index in [0.29, 0.717) is 0 Å². The standard InChI is InChI=1S/C11H7BrN4/c12-10-3-1-2-9-8(10)4-5-14-11(9)16-7-13-6-15-16/h1-7H. The molecule has 0 spiro atoms. The van der Waals surface area contributed by atoms with Crippen molar-refractivity contribution in [2.45, 2.75) is 0 Å². The predicted octanol–water partition coefficient (Wildman–Crippen LogP) is 2.58. The molecule has 5 heteroatoms. The van der Waals surface area contributed by atoms with Gasteiger partial charge in [-0.1, -0.05) is 28.1 Å². The third kappa shape index (κ3) is 1.40. The van der Waals surface area contributed by atoms with Crippen molar-refractivity contribution in [1.29, 1.82) is 0 Å². The Morgan fingerprint density at radius 1 is 1.12 bits per heavy atom. The number of hydrogen-bond acceptors (Lipinski definition) is 3. The summed E-state index contributed by atoms with van der Waals surface area (Å²) in [5.74, 6) is 0.788. The van der Waals surface area contributed by atoms with Crippen LogP contribution in [-0.2, 0) is 0 Å². The molecule has 0 N–H and O–H groups in total. The lowest BCUT2D eigenvalue weighted by Gasteiger charge is -2.05. The average molecular weight is 275 g/mol. The lowest BCUT2D eigenvalue weighted by molar-refractivity contribution is 0.854. The van der Waals surface area contributed by atoms with E-state index in [-0.39, 0.29) is 0 Å². The zero-order chi connectivity index (χ0) is 11.0. The van der Waals surface area contributed by atoms with Crippen molar-refractivity contribution in [1.82, 2.24) is 19.7 Å². The predicted molar refractivity (Wildman–Crippen MR) is 64.4 cm³/mol. The van der Waals surface area contributed by atoms with Crippen LogP contribution in [0.1, 0.15) is 0 Å². The minimum Gasteiger partial charge on any atom is -0.236 e. The van der Waals surface area contributed by atoms with Crippen molar-refractivity contribution < 1.29 is 0 Å². The first kappa shape index (κ1) is 9.47. The Kier molecular flexibility index (Phi) is 2.18. The van der Waals surface area contributed by atoms with Crippen LogP contribution in [-0.4, -0.2) is 19.7 Å². The largest absolute Gasteiger partial charge is 0.236 e. The van der Waals surface area contributed by atoms with Crippen molar-refractivity contribution in [2.24, 2.45) is 0 Å². The number of aromatic nitrogens is 4. The summed E-state index contributed by atoms with van der Waals surface area (Å²) in [6, 6.07) is 7.98. The van der Waals surface area contributed by atoms with Gasteiger partial charge in [-0.05, 0) is 12.1 Å². The zero-order valence-electron chi connectivity index (χ0n) is 8.21. The Balaban J connectivity index is 2.38. The number of nitrogens with zero attached hydrogens (tertiary/aromatic N) is 4. The Labute approximate surface area is 100 Å². The number of fused-ring (bicyclic) bond motifs is 1. The van der Waals surface area contributed by atoms with Crippen LogP contribution < -0.4 is 0 Å². The van der Waals surface area contributed by atoms with Gasteiger partial charge in [0.15, 0.2) is 5.82 Å². The van der Waals surface area contributed by atoms with E-state index in [1.165, 1.54) is 6.33 Å². The summed E-state index contributed by atoms with van der Waals surface area (Å²) in [4.78, 5) is 8.26. The number of benzene rings is 1. The van der Waals surface area contributed by atoms with Crippen LogP contribution in [0.25, 0.3) is 16.6 Å². The summed E-state index contributed by atoms with van der Waals surface area (Å²) in [6.07, 6.45) is 4.91. The topological polar surface area (TPSA) is 43.6 Å². The molecular weight excluding hydrogens is 268 g/mol. The first-order chi connectivity index (χ1) is 7.86. The highest BCUT2D eigenvalue weighted by Gasteiger charge is 2.06. The van der Waals surface area contributed by atoms with E-state index in [9.17, 15) is 0 Å². The zero-order valence-corrected chi connectivity index (χ0v) is 9.79. The maximum absolute atomic E-state index is 4.33. The number of hydrogen-bond donors (Lipinski definition) is 0. The minimum atomic E-state index is 0.788. The molecule has 0 unspecified atom stereocenters. The summed E-state index contributed by atoms with van der Waals surface area (Å²) in [5.41, 5.74) is 0. The maximum atomic E-state index is 4.33. The summed E-state index contributed by atoms with van der Waals surface area (Å²) >= 11 is 3.52.